The number of carbonyl (C=O) groups is 2. The van der Waals surface area contributed by atoms with Crippen LogP contribution in [0.2, 0.25) is 0 Å². The number of rotatable bonds is 7. The van der Waals surface area contributed by atoms with E-state index in [4.69, 9.17) is 0 Å². The van der Waals surface area contributed by atoms with Crippen molar-refractivity contribution in [3.05, 3.63) is 0 Å². The van der Waals surface area contributed by atoms with E-state index in [0.29, 0.717) is 32.0 Å². The van der Waals surface area contributed by atoms with Crippen molar-refractivity contribution >= 4 is 11.8 Å². The highest BCUT2D eigenvalue weighted by Gasteiger charge is 2.22. The minimum absolute atomic E-state index is 0.0265. The number of carbonyl (C=O) groups excluding carboxylic acids is 2. The van der Waals surface area contributed by atoms with Gasteiger partial charge >= 0.3 is 0 Å². The molecule has 18 heavy (non-hydrogen) atoms. The summed E-state index contributed by atoms with van der Waals surface area (Å²) < 4.78 is 0. The van der Waals surface area contributed by atoms with Crippen molar-refractivity contribution in [2.24, 2.45) is 0 Å². The zero-order chi connectivity index (χ0) is 13.5. The third-order valence-electron chi connectivity index (χ3n) is 2.98. The standard InChI is InChI=1S/C13H25N3O2/c1-10(2)14-7-6-12(17)15-11(3)9-16-8-4-5-13(16)18/h10-11,14H,4-9H2,1-3H3,(H,15,17). The van der Waals surface area contributed by atoms with Gasteiger partial charge in [-0.1, -0.05) is 13.8 Å². The van der Waals surface area contributed by atoms with Gasteiger partial charge < -0.3 is 15.5 Å². The van der Waals surface area contributed by atoms with Crippen LogP contribution in [0.1, 0.15) is 40.0 Å². The molecule has 1 heterocycles. The van der Waals surface area contributed by atoms with Crippen molar-refractivity contribution in [3.8, 4) is 0 Å². The first-order chi connectivity index (χ1) is 8.49. The molecule has 5 heteroatoms. The molecule has 0 radical (unpaired) electrons. The van der Waals surface area contributed by atoms with Crippen molar-refractivity contribution in [2.45, 2.75) is 52.1 Å². The molecule has 1 saturated heterocycles. The van der Waals surface area contributed by atoms with Gasteiger partial charge in [0.2, 0.25) is 11.8 Å². The average molecular weight is 255 g/mol. The lowest BCUT2D eigenvalue weighted by Crippen LogP contribution is -2.43. The average Bonchev–Trinajstić information content (AvgIpc) is 2.63. The molecule has 104 valence electrons. The van der Waals surface area contributed by atoms with Crippen molar-refractivity contribution in [3.63, 3.8) is 0 Å². The quantitative estimate of drug-likeness (QED) is 0.696. The molecule has 1 unspecified atom stereocenters. The molecule has 5 nitrogen and oxygen atoms in total. The van der Waals surface area contributed by atoms with E-state index in [1.165, 1.54) is 0 Å². The smallest absolute Gasteiger partial charge is 0.222 e. The van der Waals surface area contributed by atoms with Crippen LogP contribution in [0.15, 0.2) is 0 Å². The highest BCUT2D eigenvalue weighted by molar-refractivity contribution is 5.78. The first-order valence-corrected chi connectivity index (χ1v) is 6.79. The number of nitrogens with one attached hydrogen (secondary N) is 2. The molecule has 2 N–H and O–H groups in total. The summed E-state index contributed by atoms with van der Waals surface area (Å²) in [4.78, 5) is 24.9. The molecular weight excluding hydrogens is 230 g/mol. The van der Waals surface area contributed by atoms with Gasteiger partial charge in [-0.15, -0.1) is 0 Å². The van der Waals surface area contributed by atoms with Crippen molar-refractivity contribution in [1.29, 1.82) is 0 Å². The number of amides is 2. The zero-order valence-electron chi connectivity index (χ0n) is 11.7. The first-order valence-electron chi connectivity index (χ1n) is 6.79. The summed E-state index contributed by atoms with van der Waals surface area (Å²) in [6.45, 7) is 8.20. The second-order valence-electron chi connectivity index (χ2n) is 5.27. The minimum Gasteiger partial charge on any atom is -0.352 e. The van der Waals surface area contributed by atoms with E-state index < -0.39 is 0 Å². The summed E-state index contributed by atoms with van der Waals surface area (Å²) in [7, 11) is 0. The lowest BCUT2D eigenvalue weighted by Gasteiger charge is -2.21. The molecular formula is C13H25N3O2. The van der Waals surface area contributed by atoms with Crippen LogP contribution < -0.4 is 10.6 Å². The Morgan fingerprint density at radius 3 is 2.67 bits per heavy atom. The maximum Gasteiger partial charge on any atom is 0.222 e. The monoisotopic (exact) mass is 255 g/mol. The summed E-state index contributed by atoms with van der Waals surface area (Å²) in [5, 5.41) is 6.13. The molecule has 0 aromatic carbocycles. The van der Waals surface area contributed by atoms with Gasteiger partial charge in [-0.2, -0.15) is 0 Å². The van der Waals surface area contributed by atoms with Crippen LogP contribution in [-0.4, -0.2) is 48.4 Å². The Morgan fingerprint density at radius 1 is 1.39 bits per heavy atom. The van der Waals surface area contributed by atoms with Gasteiger partial charge in [0.25, 0.3) is 0 Å². The Kier molecular flexibility index (Phi) is 6.12. The Labute approximate surface area is 109 Å². The largest absolute Gasteiger partial charge is 0.352 e. The van der Waals surface area contributed by atoms with Crippen molar-refractivity contribution in [2.75, 3.05) is 19.6 Å². The summed E-state index contributed by atoms with van der Waals surface area (Å²) in [6.07, 6.45) is 2.08. The summed E-state index contributed by atoms with van der Waals surface area (Å²) in [5.74, 6) is 0.250. The second kappa shape index (κ2) is 7.36. The normalized spacial score (nSPS) is 17.3. The maximum atomic E-state index is 11.6. The molecule has 1 atom stereocenters. The fraction of sp³-hybridized carbons (Fsp3) is 0.846. The first kappa shape index (κ1) is 15.0. The van der Waals surface area contributed by atoms with Crippen LogP contribution in [0.25, 0.3) is 0 Å². The summed E-state index contributed by atoms with van der Waals surface area (Å²) in [5.41, 5.74) is 0. The summed E-state index contributed by atoms with van der Waals surface area (Å²) >= 11 is 0. The molecule has 1 fully saturated rings. The minimum atomic E-state index is 0.0265. The van der Waals surface area contributed by atoms with E-state index in [1.54, 1.807) is 0 Å². The molecule has 0 bridgehead atoms. The number of likely N-dealkylation sites (tertiary alicyclic amines) is 1. The van der Waals surface area contributed by atoms with Crippen LogP contribution >= 0.6 is 0 Å². The van der Waals surface area contributed by atoms with Crippen LogP contribution in [0.4, 0.5) is 0 Å². The molecule has 1 rings (SSSR count). The zero-order valence-corrected chi connectivity index (χ0v) is 11.7. The topological polar surface area (TPSA) is 61.4 Å². The Balaban J connectivity index is 2.16. The Hall–Kier alpha value is -1.10. The van der Waals surface area contributed by atoms with Gasteiger partial charge in [0, 0.05) is 44.6 Å². The van der Waals surface area contributed by atoms with Crippen LogP contribution in [0, 0.1) is 0 Å². The fourth-order valence-electron chi connectivity index (χ4n) is 2.09. The third kappa shape index (κ3) is 5.49. The van der Waals surface area contributed by atoms with Crippen LogP contribution in [0.5, 0.6) is 0 Å². The molecule has 1 aliphatic heterocycles. The predicted molar refractivity (Wildman–Crippen MR) is 71.2 cm³/mol. The van der Waals surface area contributed by atoms with Crippen molar-refractivity contribution < 1.29 is 9.59 Å². The van der Waals surface area contributed by atoms with E-state index in [1.807, 2.05) is 11.8 Å². The van der Waals surface area contributed by atoms with Gasteiger partial charge in [-0.05, 0) is 13.3 Å². The number of hydrogen-bond acceptors (Lipinski definition) is 3. The van der Waals surface area contributed by atoms with E-state index in [9.17, 15) is 9.59 Å². The maximum absolute atomic E-state index is 11.6. The molecule has 2 amide bonds. The third-order valence-corrected chi connectivity index (χ3v) is 2.98. The second-order valence-corrected chi connectivity index (χ2v) is 5.27. The SMILES string of the molecule is CC(C)NCCC(=O)NC(C)CN1CCCC1=O. The van der Waals surface area contributed by atoms with Crippen LogP contribution in [0.3, 0.4) is 0 Å². The van der Waals surface area contributed by atoms with E-state index in [2.05, 4.69) is 24.5 Å². The van der Waals surface area contributed by atoms with E-state index >= 15 is 0 Å². The fourth-order valence-corrected chi connectivity index (χ4v) is 2.09. The Morgan fingerprint density at radius 2 is 2.11 bits per heavy atom. The van der Waals surface area contributed by atoms with Gasteiger partial charge in [0.1, 0.15) is 0 Å². The highest BCUT2D eigenvalue weighted by Crippen LogP contribution is 2.09. The predicted octanol–water partition coefficient (Wildman–Crippen LogP) is 0.502. The number of nitrogens with zero attached hydrogens (tertiary/aromatic N) is 1. The number of hydrogen-bond donors (Lipinski definition) is 2. The Bertz CT molecular complexity index is 292. The molecule has 0 aromatic rings. The van der Waals surface area contributed by atoms with E-state index in [0.717, 1.165) is 13.0 Å². The van der Waals surface area contributed by atoms with Gasteiger partial charge in [-0.3, -0.25) is 9.59 Å². The molecule has 0 spiro atoms. The molecule has 0 saturated carbocycles. The van der Waals surface area contributed by atoms with Crippen LogP contribution in [-0.2, 0) is 9.59 Å². The highest BCUT2D eigenvalue weighted by atomic mass is 16.2. The lowest BCUT2D eigenvalue weighted by molar-refractivity contribution is -0.129. The van der Waals surface area contributed by atoms with Gasteiger partial charge in [0.05, 0.1) is 0 Å². The molecule has 0 aromatic heterocycles. The van der Waals surface area contributed by atoms with Gasteiger partial charge in [0.15, 0.2) is 0 Å². The molecule has 1 aliphatic rings. The lowest BCUT2D eigenvalue weighted by atomic mass is 10.2. The van der Waals surface area contributed by atoms with Gasteiger partial charge in [-0.25, -0.2) is 0 Å². The van der Waals surface area contributed by atoms with E-state index in [-0.39, 0.29) is 17.9 Å². The molecule has 0 aliphatic carbocycles. The summed E-state index contributed by atoms with van der Waals surface area (Å²) in [6, 6.07) is 0.427. The van der Waals surface area contributed by atoms with Crippen molar-refractivity contribution in [1.82, 2.24) is 15.5 Å².